The molecule has 2 aliphatic rings. The van der Waals surface area contributed by atoms with Gasteiger partial charge in [0.15, 0.2) is 0 Å². The van der Waals surface area contributed by atoms with Gasteiger partial charge >= 0.3 is 0 Å². The molecule has 0 bridgehead atoms. The number of nitrogens with zero attached hydrogens (tertiary/aromatic N) is 2. The van der Waals surface area contributed by atoms with Gasteiger partial charge in [-0.1, -0.05) is 13.3 Å². The van der Waals surface area contributed by atoms with Crippen molar-refractivity contribution in [1.82, 2.24) is 15.1 Å². The minimum absolute atomic E-state index is 0.00491. The molecule has 2 heterocycles. The van der Waals surface area contributed by atoms with E-state index in [-0.39, 0.29) is 29.8 Å². The SMILES string of the molecule is CCC[C@H]1C(=O)N[C@H]2CCN(C(=O)CCCN(C)C)[C@@H]21. The first-order valence-electron chi connectivity index (χ1n) is 7.79. The maximum Gasteiger partial charge on any atom is 0.225 e. The van der Waals surface area contributed by atoms with E-state index in [9.17, 15) is 9.59 Å². The first-order valence-corrected chi connectivity index (χ1v) is 7.79. The van der Waals surface area contributed by atoms with Crippen molar-refractivity contribution in [1.29, 1.82) is 0 Å². The number of likely N-dealkylation sites (tertiary alicyclic amines) is 1. The Bertz CT molecular complexity index is 370. The van der Waals surface area contributed by atoms with E-state index in [1.165, 1.54) is 0 Å². The molecule has 2 aliphatic heterocycles. The highest BCUT2D eigenvalue weighted by atomic mass is 16.2. The lowest BCUT2D eigenvalue weighted by Crippen LogP contribution is -2.42. The molecule has 0 saturated carbocycles. The van der Waals surface area contributed by atoms with Gasteiger partial charge in [-0.15, -0.1) is 0 Å². The fourth-order valence-corrected chi connectivity index (χ4v) is 3.51. The van der Waals surface area contributed by atoms with E-state index in [2.05, 4.69) is 17.1 Å². The maximum absolute atomic E-state index is 12.4. The fourth-order valence-electron chi connectivity index (χ4n) is 3.51. The Labute approximate surface area is 121 Å². The molecule has 5 nitrogen and oxygen atoms in total. The molecule has 0 spiro atoms. The molecule has 2 saturated heterocycles. The van der Waals surface area contributed by atoms with Crippen LogP contribution in [0.3, 0.4) is 0 Å². The standard InChI is InChI=1S/C15H27N3O2/c1-4-6-11-14-12(16-15(11)20)8-10-18(14)13(19)7-5-9-17(2)3/h11-12,14H,4-10H2,1-3H3,(H,16,20)/t11-,12+,14-/m1/s1. The Morgan fingerprint density at radius 2 is 2.20 bits per heavy atom. The molecule has 1 N–H and O–H groups in total. The number of hydrogen-bond donors (Lipinski definition) is 1. The van der Waals surface area contributed by atoms with Crippen LogP contribution >= 0.6 is 0 Å². The Morgan fingerprint density at radius 1 is 1.45 bits per heavy atom. The Balaban J connectivity index is 1.94. The molecule has 5 heteroatoms. The molecule has 0 aromatic rings. The largest absolute Gasteiger partial charge is 0.351 e. The van der Waals surface area contributed by atoms with Crippen molar-refractivity contribution in [3.05, 3.63) is 0 Å². The Kier molecular flexibility index (Phi) is 5.02. The first-order chi connectivity index (χ1) is 9.54. The van der Waals surface area contributed by atoms with Crippen molar-refractivity contribution < 1.29 is 9.59 Å². The van der Waals surface area contributed by atoms with E-state index >= 15 is 0 Å². The monoisotopic (exact) mass is 281 g/mol. The van der Waals surface area contributed by atoms with Gasteiger partial charge in [0.05, 0.1) is 18.0 Å². The van der Waals surface area contributed by atoms with Crippen LogP contribution in [-0.4, -0.2) is 60.9 Å². The van der Waals surface area contributed by atoms with Crippen molar-refractivity contribution >= 4 is 11.8 Å². The highest BCUT2D eigenvalue weighted by Crippen LogP contribution is 2.33. The van der Waals surface area contributed by atoms with E-state index in [1.807, 2.05) is 19.0 Å². The van der Waals surface area contributed by atoms with E-state index in [1.54, 1.807) is 0 Å². The molecule has 2 fully saturated rings. The van der Waals surface area contributed by atoms with Crippen molar-refractivity contribution in [3.63, 3.8) is 0 Å². The number of amides is 2. The second kappa shape index (κ2) is 6.57. The molecule has 0 aromatic carbocycles. The molecule has 114 valence electrons. The zero-order valence-corrected chi connectivity index (χ0v) is 12.9. The lowest BCUT2D eigenvalue weighted by atomic mass is 9.94. The maximum atomic E-state index is 12.4. The number of hydrogen-bond acceptors (Lipinski definition) is 3. The van der Waals surface area contributed by atoms with Crippen LogP contribution in [0, 0.1) is 5.92 Å². The summed E-state index contributed by atoms with van der Waals surface area (Å²) in [5.74, 6) is 0.370. The third-order valence-corrected chi connectivity index (χ3v) is 4.45. The Hall–Kier alpha value is -1.10. The summed E-state index contributed by atoms with van der Waals surface area (Å²) >= 11 is 0. The van der Waals surface area contributed by atoms with Crippen molar-refractivity contribution in [2.45, 2.75) is 51.1 Å². The molecule has 0 unspecified atom stereocenters. The van der Waals surface area contributed by atoms with Crippen LogP contribution < -0.4 is 5.32 Å². The summed E-state index contributed by atoms with van der Waals surface area (Å²) in [5, 5.41) is 3.07. The van der Waals surface area contributed by atoms with Crippen molar-refractivity contribution in [2.24, 2.45) is 5.92 Å². The number of fused-ring (bicyclic) bond motifs is 1. The Morgan fingerprint density at radius 3 is 2.85 bits per heavy atom. The van der Waals surface area contributed by atoms with E-state index in [4.69, 9.17) is 0 Å². The van der Waals surface area contributed by atoms with Crippen LogP contribution in [0.15, 0.2) is 0 Å². The molecular formula is C15H27N3O2. The third kappa shape index (κ3) is 3.14. The smallest absolute Gasteiger partial charge is 0.225 e. The number of carbonyl (C=O) groups excluding carboxylic acids is 2. The van der Waals surface area contributed by atoms with Gasteiger partial charge in [0, 0.05) is 13.0 Å². The topological polar surface area (TPSA) is 52.7 Å². The summed E-state index contributed by atoms with van der Waals surface area (Å²) in [6, 6.07) is 0.297. The molecule has 2 rings (SSSR count). The van der Waals surface area contributed by atoms with Gasteiger partial charge < -0.3 is 15.1 Å². The summed E-state index contributed by atoms with van der Waals surface area (Å²) in [6.45, 7) is 3.83. The zero-order chi connectivity index (χ0) is 14.7. The first kappa shape index (κ1) is 15.3. The van der Waals surface area contributed by atoms with Gasteiger partial charge in [0.1, 0.15) is 0 Å². The van der Waals surface area contributed by atoms with Gasteiger partial charge in [0.2, 0.25) is 11.8 Å². The minimum Gasteiger partial charge on any atom is -0.351 e. The molecule has 0 aliphatic carbocycles. The predicted octanol–water partition coefficient (Wildman–Crippen LogP) is 0.844. The van der Waals surface area contributed by atoms with Gasteiger partial charge in [-0.2, -0.15) is 0 Å². The second-order valence-corrected chi connectivity index (χ2v) is 6.28. The van der Waals surface area contributed by atoms with Crippen LogP contribution in [-0.2, 0) is 9.59 Å². The van der Waals surface area contributed by atoms with Gasteiger partial charge in [-0.05, 0) is 39.9 Å². The van der Waals surface area contributed by atoms with Gasteiger partial charge in [-0.3, -0.25) is 9.59 Å². The van der Waals surface area contributed by atoms with Crippen LogP contribution in [0.1, 0.15) is 39.0 Å². The highest BCUT2D eigenvalue weighted by Gasteiger charge is 2.49. The summed E-state index contributed by atoms with van der Waals surface area (Å²) in [7, 11) is 4.04. The quantitative estimate of drug-likeness (QED) is 0.785. The third-order valence-electron chi connectivity index (χ3n) is 4.45. The number of rotatable bonds is 6. The molecule has 20 heavy (non-hydrogen) atoms. The van der Waals surface area contributed by atoms with Crippen molar-refractivity contribution in [2.75, 3.05) is 27.2 Å². The molecule has 0 radical (unpaired) electrons. The van der Waals surface area contributed by atoms with Gasteiger partial charge in [0.25, 0.3) is 0 Å². The lowest BCUT2D eigenvalue weighted by Gasteiger charge is -2.27. The summed E-state index contributed by atoms with van der Waals surface area (Å²) < 4.78 is 0. The normalized spacial score (nSPS) is 28.9. The number of carbonyl (C=O) groups is 2. The van der Waals surface area contributed by atoms with E-state index in [0.717, 1.165) is 38.8 Å². The predicted molar refractivity (Wildman–Crippen MR) is 78.2 cm³/mol. The molecule has 3 atom stereocenters. The molecule has 2 amide bonds. The van der Waals surface area contributed by atoms with E-state index < -0.39 is 0 Å². The van der Waals surface area contributed by atoms with Gasteiger partial charge in [-0.25, -0.2) is 0 Å². The summed E-state index contributed by atoms with van der Waals surface area (Å²) in [5.41, 5.74) is 0. The number of nitrogens with one attached hydrogen (secondary N) is 1. The minimum atomic E-state index is 0.00491. The zero-order valence-electron chi connectivity index (χ0n) is 12.9. The lowest BCUT2D eigenvalue weighted by molar-refractivity contribution is -0.133. The average molecular weight is 281 g/mol. The van der Waals surface area contributed by atoms with Crippen LogP contribution in [0.2, 0.25) is 0 Å². The fraction of sp³-hybridized carbons (Fsp3) is 0.867. The van der Waals surface area contributed by atoms with Crippen LogP contribution in [0.5, 0.6) is 0 Å². The average Bonchev–Trinajstić information content (AvgIpc) is 2.90. The van der Waals surface area contributed by atoms with E-state index in [0.29, 0.717) is 6.42 Å². The highest BCUT2D eigenvalue weighted by molar-refractivity contribution is 5.85. The molecule has 0 aromatic heterocycles. The second-order valence-electron chi connectivity index (χ2n) is 6.28. The van der Waals surface area contributed by atoms with Crippen molar-refractivity contribution in [3.8, 4) is 0 Å². The van der Waals surface area contributed by atoms with Crippen LogP contribution in [0.4, 0.5) is 0 Å². The summed E-state index contributed by atoms with van der Waals surface area (Å²) in [6.07, 6.45) is 4.27. The van der Waals surface area contributed by atoms with Crippen LogP contribution in [0.25, 0.3) is 0 Å². The summed E-state index contributed by atoms with van der Waals surface area (Å²) in [4.78, 5) is 28.5. The molecular weight excluding hydrogens is 254 g/mol.